The van der Waals surface area contributed by atoms with Gasteiger partial charge in [-0.1, -0.05) is 30.3 Å². The third kappa shape index (κ3) is 4.84. The Bertz CT molecular complexity index is 1400. The van der Waals surface area contributed by atoms with Crippen LogP contribution in [-0.2, 0) is 12.1 Å². The normalized spacial score (nSPS) is 13.9. The fourth-order valence-corrected chi connectivity index (χ4v) is 5.23. The Morgan fingerprint density at radius 2 is 1.86 bits per heavy atom. The van der Waals surface area contributed by atoms with Crippen molar-refractivity contribution in [2.75, 3.05) is 25.5 Å². The SMILES string of the molecule is COc1ccccc1C(C)(C)NC(=O)c1cc2c(NC(=O)c3ccc(CN4CCC4)cc3)n[nH]c2s1. The highest BCUT2D eigenvalue weighted by molar-refractivity contribution is 7.20. The van der Waals surface area contributed by atoms with Gasteiger partial charge in [-0.05, 0) is 63.2 Å². The molecule has 1 aliphatic heterocycles. The molecule has 5 rings (SSSR count). The molecule has 0 bridgehead atoms. The Hall–Kier alpha value is -3.69. The van der Waals surface area contributed by atoms with E-state index < -0.39 is 5.54 Å². The van der Waals surface area contributed by atoms with Crippen molar-refractivity contribution in [3.05, 3.63) is 76.2 Å². The molecule has 1 aliphatic rings. The first-order valence-electron chi connectivity index (χ1n) is 11.9. The van der Waals surface area contributed by atoms with Crippen LogP contribution in [0, 0.1) is 0 Å². The molecule has 36 heavy (non-hydrogen) atoms. The zero-order valence-electron chi connectivity index (χ0n) is 20.6. The molecule has 2 aromatic carbocycles. The summed E-state index contributed by atoms with van der Waals surface area (Å²) in [5.74, 6) is 0.659. The molecular formula is C27H29N5O3S. The number of rotatable bonds is 8. The van der Waals surface area contributed by atoms with Gasteiger partial charge in [0.2, 0.25) is 0 Å². The van der Waals surface area contributed by atoms with Crippen molar-refractivity contribution in [3.8, 4) is 5.75 Å². The van der Waals surface area contributed by atoms with Crippen LogP contribution in [0.25, 0.3) is 10.2 Å². The molecule has 0 spiro atoms. The van der Waals surface area contributed by atoms with Crippen molar-refractivity contribution in [2.45, 2.75) is 32.4 Å². The Labute approximate surface area is 213 Å². The number of anilines is 1. The number of nitrogens with zero attached hydrogens (tertiary/aromatic N) is 2. The van der Waals surface area contributed by atoms with Gasteiger partial charge < -0.3 is 15.4 Å². The summed E-state index contributed by atoms with van der Waals surface area (Å²) in [6.07, 6.45) is 1.25. The lowest BCUT2D eigenvalue weighted by Crippen LogP contribution is -2.40. The average molecular weight is 504 g/mol. The van der Waals surface area contributed by atoms with E-state index in [0.717, 1.165) is 30.0 Å². The smallest absolute Gasteiger partial charge is 0.262 e. The van der Waals surface area contributed by atoms with Crippen LogP contribution in [0.15, 0.2) is 54.6 Å². The number of benzene rings is 2. The number of hydrogen-bond acceptors (Lipinski definition) is 6. The summed E-state index contributed by atoms with van der Waals surface area (Å²) in [6, 6.07) is 17.0. The topological polar surface area (TPSA) is 99.3 Å². The van der Waals surface area contributed by atoms with Crippen LogP contribution in [-0.4, -0.2) is 47.1 Å². The molecule has 3 heterocycles. The van der Waals surface area contributed by atoms with Crippen molar-refractivity contribution in [1.82, 2.24) is 20.4 Å². The number of thiophene rings is 1. The molecule has 2 amide bonds. The number of aromatic amines is 1. The van der Waals surface area contributed by atoms with Gasteiger partial charge >= 0.3 is 0 Å². The minimum absolute atomic E-state index is 0.212. The monoisotopic (exact) mass is 503 g/mol. The summed E-state index contributed by atoms with van der Waals surface area (Å²) in [6.45, 7) is 7.05. The van der Waals surface area contributed by atoms with E-state index in [1.807, 2.05) is 62.4 Å². The second kappa shape index (κ2) is 9.75. The van der Waals surface area contributed by atoms with Gasteiger partial charge in [-0.3, -0.25) is 19.6 Å². The molecule has 0 saturated carbocycles. The number of hydrogen-bond donors (Lipinski definition) is 3. The number of likely N-dealkylation sites (tertiary alicyclic amines) is 1. The third-order valence-electron chi connectivity index (χ3n) is 6.49. The van der Waals surface area contributed by atoms with E-state index in [1.54, 1.807) is 13.2 Å². The molecule has 1 fully saturated rings. The molecule has 1 saturated heterocycles. The molecule has 2 aromatic heterocycles. The first kappa shape index (κ1) is 24.0. The van der Waals surface area contributed by atoms with E-state index >= 15 is 0 Å². The van der Waals surface area contributed by atoms with Crippen molar-refractivity contribution in [2.24, 2.45) is 0 Å². The molecule has 4 aromatic rings. The predicted molar refractivity (Wildman–Crippen MR) is 142 cm³/mol. The average Bonchev–Trinajstić information content (AvgIpc) is 3.43. The number of aromatic nitrogens is 2. The maximum Gasteiger partial charge on any atom is 0.262 e. The molecule has 0 aliphatic carbocycles. The van der Waals surface area contributed by atoms with Gasteiger partial charge in [0.1, 0.15) is 10.6 Å². The number of ether oxygens (including phenoxy) is 1. The van der Waals surface area contributed by atoms with E-state index in [4.69, 9.17) is 4.74 Å². The number of fused-ring (bicyclic) bond motifs is 1. The fraction of sp³-hybridized carbons (Fsp3) is 0.296. The summed E-state index contributed by atoms with van der Waals surface area (Å²) in [7, 11) is 1.61. The first-order valence-corrected chi connectivity index (χ1v) is 12.7. The van der Waals surface area contributed by atoms with Crippen molar-refractivity contribution >= 4 is 39.2 Å². The van der Waals surface area contributed by atoms with E-state index in [0.29, 0.717) is 27.4 Å². The van der Waals surface area contributed by atoms with Gasteiger partial charge in [0.25, 0.3) is 11.8 Å². The summed E-state index contributed by atoms with van der Waals surface area (Å²) in [4.78, 5) is 29.6. The number of methoxy groups -OCH3 is 1. The summed E-state index contributed by atoms with van der Waals surface area (Å²) < 4.78 is 5.47. The standard InChI is InChI=1S/C27H29N5O3S/c1-27(2,20-7-4-5-8-21(20)35-3)29-25(34)22-15-19-23(30-31-26(19)36-22)28-24(33)18-11-9-17(10-12-18)16-32-13-6-14-32/h4-5,7-12,15H,6,13-14,16H2,1-3H3,(H,29,34)(H2,28,30,31,33). The van der Waals surface area contributed by atoms with Gasteiger partial charge in [0.15, 0.2) is 5.82 Å². The molecular weight excluding hydrogens is 474 g/mol. The Kier molecular flexibility index (Phi) is 6.51. The van der Waals surface area contributed by atoms with E-state index in [-0.39, 0.29) is 11.8 Å². The van der Waals surface area contributed by atoms with Gasteiger partial charge in [-0.25, -0.2) is 0 Å². The highest BCUT2D eigenvalue weighted by atomic mass is 32.1. The van der Waals surface area contributed by atoms with Crippen LogP contribution in [0.5, 0.6) is 5.75 Å². The quantitative estimate of drug-likeness (QED) is 0.322. The Morgan fingerprint density at radius 3 is 2.56 bits per heavy atom. The largest absolute Gasteiger partial charge is 0.496 e. The lowest BCUT2D eigenvalue weighted by Gasteiger charge is -2.30. The van der Waals surface area contributed by atoms with Crippen molar-refractivity contribution < 1.29 is 14.3 Å². The lowest BCUT2D eigenvalue weighted by atomic mass is 9.93. The number of carbonyl (C=O) groups is 2. The molecule has 0 radical (unpaired) electrons. The third-order valence-corrected chi connectivity index (χ3v) is 7.53. The van der Waals surface area contributed by atoms with Crippen LogP contribution in [0.1, 0.15) is 51.4 Å². The van der Waals surface area contributed by atoms with Gasteiger partial charge in [0.05, 0.1) is 22.9 Å². The second-order valence-electron chi connectivity index (χ2n) is 9.49. The molecule has 9 heteroatoms. The van der Waals surface area contributed by atoms with Crippen LogP contribution >= 0.6 is 11.3 Å². The maximum atomic E-state index is 13.1. The van der Waals surface area contributed by atoms with Crippen LogP contribution in [0.4, 0.5) is 5.82 Å². The number of carbonyl (C=O) groups excluding carboxylic acids is 2. The molecule has 0 atom stereocenters. The lowest BCUT2D eigenvalue weighted by molar-refractivity contribution is 0.0914. The predicted octanol–water partition coefficient (Wildman–Crippen LogP) is 4.76. The van der Waals surface area contributed by atoms with Crippen LogP contribution in [0.3, 0.4) is 0 Å². The van der Waals surface area contributed by atoms with Crippen molar-refractivity contribution in [3.63, 3.8) is 0 Å². The summed E-state index contributed by atoms with van der Waals surface area (Å²) in [5, 5.41) is 13.8. The van der Waals surface area contributed by atoms with E-state index in [9.17, 15) is 9.59 Å². The summed E-state index contributed by atoms with van der Waals surface area (Å²) >= 11 is 1.29. The zero-order valence-corrected chi connectivity index (χ0v) is 21.4. The second-order valence-corrected chi connectivity index (χ2v) is 10.5. The first-order chi connectivity index (χ1) is 17.3. The summed E-state index contributed by atoms with van der Waals surface area (Å²) in [5.41, 5.74) is 1.98. The van der Waals surface area contributed by atoms with Gasteiger partial charge in [-0.15, -0.1) is 11.3 Å². The van der Waals surface area contributed by atoms with Crippen LogP contribution < -0.4 is 15.4 Å². The number of nitrogens with one attached hydrogen (secondary N) is 3. The number of amides is 2. The van der Waals surface area contributed by atoms with Gasteiger partial charge in [0, 0.05) is 17.7 Å². The molecule has 8 nitrogen and oxygen atoms in total. The minimum Gasteiger partial charge on any atom is -0.496 e. The molecule has 186 valence electrons. The number of H-pyrrole nitrogens is 1. The highest BCUT2D eigenvalue weighted by Crippen LogP contribution is 2.32. The minimum atomic E-state index is -0.654. The Morgan fingerprint density at radius 1 is 1.11 bits per heavy atom. The highest BCUT2D eigenvalue weighted by Gasteiger charge is 2.28. The van der Waals surface area contributed by atoms with Crippen molar-refractivity contribution in [1.29, 1.82) is 0 Å². The molecule has 3 N–H and O–H groups in total. The fourth-order valence-electron chi connectivity index (χ4n) is 4.34. The van der Waals surface area contributed by atoms with E-state index in [2.05, 4.69) is 25.7 Å². The Balaban J connectivity index is 1.28. The molecule has 0 unspecified atom stereocenters. The van der Waals surface area contributed by atoms with Gasteiger partial charge in [-0.2, -0.15) is 5.10 Å². The van der Waals surface area contributed by atoms with E-state index in [1.165, 1.54) is 23.3 Å². The zero-order chi connectivity index (χ0) is 25.3. The maximum absolute atomic E-state index is 13.1. The number of para-hydroxylation sites is 1. The van der Waals surface area contributed by atoms with Crippen LogP contribution in [0.2, 0.25) is 0 Å².